The Hall–Kier alpha value is -1.45. The molecule has 0 radical (unpaired) electrons. The van der Waals surface area contributed by atoms with Gasteiger partial charge >= 0.3 is 79.9 Å². The van der Waals surface area contributed by atoms with E-state index in [4.69, 9.17) is 0 Å². The number of aryl methyl sites for hydroxylation is 8. The Kier molecular flexibility index (Phi) is 19.6. The Bertz CT molecular complexity index is 1880. The van der Waals surface area contributed by atoms with Crippen LogP contribution in [-0.2, 0) is 0 Å². The van der Waals surface area contributed by atoms with Gasteiger partial charge in [0.1, 0.15) is 0 Å². The van der Waals surface area contributed by atoms with E-state index in [1.807, 2.05) is 0 Å². The van der Waals surface area contributed by atoms with Gasteiger partial charge in [0, 0.05) is 0 Å². The van der Waals surface area contributed by atoms with Crippen LogP contribution in [0.5, 0.6) is 0 Å². The number of rotatable bonds is 0. The Morgan fingerprint density at radius 3 is 0.596 bits per heavy atom. The predicted molar refractivity (Wildman–Crippen MR) is 215 cm³/mol. The van der Waals surface area contributed by atoms with E-state index in [-0.39, 0.29) is 105 Å². The zero-order chi connectivity index (χ0) is 34.9. The predicted octanol–water partition coefficient (Wildman–Crippen LogP) is 7.94. The molecule has 0 amide bonds. The van der Waals surface area contributed by atoms with Crippen LogP contribution in [0, 0.1) is 163 Å². The molecule has 4 heteroatoms. The zero-order valence-corrected chi connectivity index (χ0v) is 42.7. The van der Waals surface area contributed by atoms with E-state index in [9.17, 15) is 0 Å². The molecule has 0 aliphatic carbocycles. The molecule has 8 aromatic rings. The van der Waals surface area contributed by atoms with E-state index in [2.05, 4.69) is 180 Å². The molecule has 8 rings (SSSR count). The van der Waals surface area contributed by atoms with Crippen LogP contribution in [0.1, 0.15) is 66.8 Å². The molecule has 0 N–H and O–H groups in total. The summed E-state index contributed by atoms with van der Waals surface area (Å²) in [4.78, 5) is 0. The SMILES string of the molecule is Cc1c(C)[c-](C)c2ccccc12.Cc1c(C)[c-](C)c2ccccc12.Cc1c(C)[c-](C)c2ccccc12.Cc1c(C)[c-](C)c2ccccc12.[Cl-].[Cl-].[Th+2].[Th+2]. The van der Waals surface area contributed by atoms with Gasteiger partial charge in [-0.3, -0.25) is 0 Å². The van der Waals surface area contributed by atoms with Crippen LogP contribution in [0.15, 0.2) is 97.1 Å². The second kappa shape index (κ2) is 21.0. The second-order valence-corrected chi connectivity index (χ2v) is 13.7. The van der Waals surface area contributed by atoms with Gasteiger partial charge in [-0.2, -0.15) is 22.3 Å². The minimum Gasteiger partial charge on any atom is -1.00 e. The van der Waals surface area contributed by atoms with Crippen molar-refractivity contribution in [3.05, 3.63) is 164 Å². The van der Waals surface area contributed by atoms with E-state index in [1.54, 1.807) is 0 Å². The van der Waals surface area contributed by atoms with Gasteiger partial charge in [0.05, 0.1) is 0 Å². The summed E-state index contributed by atoms with van der Waals surface area (Å²) in [6, 6.07) is 34.4. The first-order chi connectivity index (χ1) is 22.9. The molecular formula is C48H52Cl2Th2-2. The first kappa shape index (κ1) is 48.6. The molecule has 0 unspecified atom stereocenters. The number of halogens is 2. The Labute approximate surface area is 389 Å². The second-order valence-electron chi connectivity index (χ2n) is 13.7. The molecule has 0 heterocycles. The molecule has 0 aliphatic rings. The normalized spacial score (nSPS) is 10.1. The summed E-state index contributed by atoms with van der Waals surface area (Å²) in [5, 5.41) is 11.3. The molecule has 0 nitrogen and oxygen atoms in total. The molecule has 0 atom stereocenters. The summed E-state index contributed by atoms with van der Waals surface area (Å²) in [5.74, 6) is 0. The molecule has 0 bridgehead atoms. The molecule has 8 aromatic carbocycles. The first-order valence-corrected chi connectivity index (χ1v) is 17.3. The van der Waals surface area contributed by atoms with E-state index < -0.39 is 0 Å². The minimum atomic E-state index is 0. The van der Waals surface area contributed by atoms with Gasteiger partial charge in [-0.1, -0.05) is 107 Å². The molecule has 0 aliphatic heterocycles. The van der Waals surface area contributed by atoms with Crippen LogP contribution in [0.25, 0.3) is 43.1 Å². The van der Waals surface area contributed by atoms with Crippen LogP contribution >= 0.6 is 0 Å². The van der Waals surface area contributed by atoms with Crippen molar-refractivity contribution >= 4 is 43.1 Å². The third-order valence-corrected chi connectivity index (χ3v) is 11.4. The average Bonchev–Trinajstić information content (AvgIpc) is 3.67. The summed E-state index contributed by atoms with van der Waals surface area (Å²) in [6.07, 6.45) is 0. The van der Waals surface area contributed by atoms with Crippen LogP contribution in [0.2, 0.25) is 0 Å². The number of fused-ring (bicyclic) bond motifs is 4. The largest absolute Gasteiger partial charge is 2.00 e. The number of hydrogen-bond donors (Lipinski definition) is 0. The van der Waals surface area contributed by atoms with Crippen molar-refractivity contribution in [1.82, 2.24) is 0 Å². The third kappa shape index (κ3) is 9.67. The van der Waals surface area contributed by atoms with Crippen molar-refractivity contribution in [2.45, 2.75) is 83.1 Å². The van der Waals surface area contributed by atoms with Crippen molar-refractivity contribution in [1.29, 1.82) is 0 Å². The summed E-state index contributed by atoms with van der Waals surface area (Å²) in [6.45, 7) is 26.4. The van der Waals surface area contributed by atoms with E-state index >= 15 is 0 Å². The Morgan fingerprint density at radius 2 is 0.442 bits per heavy atom. The fourth-order valence-electron chi connectivity index (χ4n) is 7.29. The van der Waals surface area contributed by atoms with Gasteiger partial charge in [0.2, 0.25) is 0 Å². The first-order valence-electron chi connectivity index (χ1n) is 17.3. The van der Waals surface area contributed by atoms with Crippen molar-refractivity contribution < 1.29 is 105 Å². The smallest absolute Gasteiger partial charge is 1.00 e. The van der Waals surface area contributed by atoms with Crippen LogP contribution in [0.4, 0.5) is 0 Å². The van der Waals surface area contributed by atoms with Crippen LogP contribution in [-0.4, -0.2) is 0 Å². The molecule has 52 heavy (non-hydrogen) atoms. The standard InChI is InChI=1S/4C12H13.2ClH.2Th/c4*1-8-9(2)11-6-4-5-7-12(11)10(8)3;;;;/h4*4-7H,1-3H3;2*1H;;/q4*-1;;;2*+2/p-2. The maximum absolute atomic E-state index is 2.20. The molecule has 0 saturated heterocycles. The monoisotopic (exact) mass is 1160 g/mol. The molecule has 268 valence electrons. The van der Waals surface area contributed by atoms with Gasteiger partial charge in [0.15, 0.2) is 0 Å². The van der Waals surface area contributed by atoms with Crippen LogP contribution in [0.3, 0.4) is 0 Å². The van der Waals surface area contributed by atoms with Crippen molar-refractivity contribution in [3.63, 3.8) is 0 Å². The van der Waals surface area contributed by atoms with E-state index in [0.717, 1.165) is 0 Å². The van der Waals surface area contributed by atoms with E-state index in [0.29, 0.717) is 0 Å². The van der Waals surface area contributed by atoms with Crippen molar-refractivity contribution in [2.75, 3.05) is 0 Å². The summed E-state index contributed by atoms with van der Waals surface area (Å²) < 4.78 is 0. The fraction of sp³-hybridized carbons (Fsp3) is 0.250. The Morgan fingerprint density at radius 1 is 0.288 bits per heavy atom. The third-order valence-electron chi connectivity index (χ3n) is 11.4. The zero-order valence-electron chi connectivity index (χ0n) is 33.0. The topological polar surface area (TPSA) is 0 Å². The maximum atomic E-state index is 2.20. The maximum Gasteiger partial charge on any atom is 2.00 e. The average molecular weight is 1160 g/mol. The number of hydrogen-bond acceptors (Lipinski definition) is 0. The van der Waals surface area contributed by atoms with Gasteiger partial charge in [0.25, 0.3) is 0 Å². The van der Waals surface area contributed by atoms with Crippen LogP contribution < -0.4 is 24.8 Å². The summed E-state index contributed by atoms with van der Waals surface area (Å²) in [5.41, 5.74) is 17.2. The quantitative estimate of drug-likeness (QED) is 0.136. The summed E-state index contributed by atoms with van der Waals surface area (Å²) in [7, 11) is 0. The van der Waals surface area contributed by atoms with Gasteiger partial charge < -0.3 is 24.8 Å². The number of benzene rings is 4. The van der Waals surface area contributed by atoms with Gasteiger partial charge in [-0.05, 0) is 0 Å². The van der Waals surface area contributed by atoms with Crippen molar-refractivity contribution in [3.8, 4) is 0 Å². The van der Waals surface area contributed by atoms with Gasteiger partial charge in [-0.15, -0.1) is 160 Å². The van der Waals surface area contributed by atoms with E-state index in [1.165, 1.54) is 110 Å². The Balaban J connectivity index is 0.000000338. The minimum absolute atomic E-state index is 0. The molecule has 0 aromatic heterocycles. The molecular weight excluding hydrogens is 1110 g/mol. The van der Waals surface area contributed by atoms with Crippen molar-refractivity contribution in [2.24, 2.45) is 0 Å². The van der Waals surface area contributed by atoms with Gasteiger partial charge in [-0.25, -0.2) is 0 Å². The molecule has 0 fully saturated rings. The summed E-state index contributed by atoms with van der Waals surface area (Å²) >= 11 is 0. The molecule has 0 saturated carbocycles. The molecule has 0 spiro atoms. The fourth-order valence-corrected chi connectivity index (χ4v) is 7.29.